The molecule has 2 aromatic rings. The number of aryl methyl sites for hydroxylation is 2. The van der Waals surface area contributed by atoms with Crippen molar-refractivity contribution in [3.63, 3.8) is 0 Å². The molecule has 0 bridgehead atoms. The van der Waals surface area contributed by atoms with Gasteiger partial charge >= 0.3 is 0 Å². The van der Waals surface area contributed by atoms with Crippen LogP contribution in [-0.2, 0) is 4.79 Å². The van der Waals surface area contributed by atoms with Crippen LogP contribution in [0.5, 0.6) is 0 Å². The van der Waals surface area contributed by atoms with Crippen LogP contribution >= 0.6 is 0 Å². The molecule has 0 heterocycles. The van der Waals surface area contributed by atoms with Crippen molar-refractivity contribution in [2.24, 2.45) is 0 Å². The average molecular weight is 307 g/mol. The van der Waals surface area contributed by atoms with Crippen LogP contribution in [0.4, 0.5) is 0 Å². The summed E-state index contributed by atoms with van der Waals surface area (Å²) in [5, 5.41) is 2.93. The van der Waals surface area contributed by atoms with Crippen LogP contribution in [0.1, 0.15) is 37.5 Å². The molecule has 0 fully saturated rings. The maximum absolute atomic E-state index is 12.1. The number of hydrogen-bond acceptors (Lipinski definition) is 1. The molecule has 0 saturated heterocycles. The third kappa shape index (κ3) is 4.32. The highest BCUT2D eigenvalue weighted by Gasteiger charge is 2.09. The topological polar surface area (TPSA) is 29.1 Å². The Morgan fingerprint density at radius 3 is 2.30 bits per heavy atom. The minimum absolute atomic E-state index is 0.0100. The van der Waals surface area contributed by atoms with Gasteiger partial charge in [-0.3, -0.25) is 4.79 Å². The summed E-state index contributed by atoms with van der Waals surface area (Å²) >= 11 is 0. The van der Waals surface area contributed by atoms with Crippen molar-refractivity contribution in [1.29, 1.82) is 0 Å². The molecule has 0 spiro atoms. The molecule has 0 aliphatic heterocycles. The SMILES string of the molecule is C/C(=C\c1cc(C)c(-c2ccccc2)cc1C)C(=O)NC(C)C. The predicted octanol–water partition coefficient (Wildman–Crippen LogP) is 4.90. The van der Waals surface area contributed by atoms with Gasteiger partial charge in [-0.05, 0) is 68.5 Å². The summed E-state index contributed by atoms with van der Waals surface area (Å²) in [5.41, 5.74) is 6.67. The summed E-state index contributed by atoms with van der Waals surface area (Å²) in [6, 6.07) is 14.9. The van der Waals surface area contributed by atoms with Crippen molar-refractivity contribution in [1.82, 2.24) is 5.32 Å². The summed E-state index contributed by atoms with van der Waals surface area (Å²) in [4.78, 5) is 12.1. The van der Waals surface area contributed by atoms with E-state index >= 15 is 0 Å². The Morgan fingerprint density at radius 1 is 1.04 bits per heavy atom. The lowest BCUT2D eigenvalue weighted by Gasteiger charge is -2.12. The third-order valence-corrected chi connectivity index (χ3v) is 3.85. The molecule has 0 aliphatic rings. The van der Waals surface area contributed by atoms with Crippen molar-refractivity contribution in [2.75, 3.05) is 0 Å². The molecule has 1 N–H and O–H groups in total. The minimum Gasteiger partial charge on any atom is -0.350 e. The van der Waals surface area contributed by atoms with E-state index in [0.29, 0.717) is 0 Å². The fourth-order valence-corrected chi connectivity index (χ4v) is 2.60. The van der Waals surface area contributed by atoms with Crippen molar-refractivity contribution >= 4 is 12.0 Å². The van der Waals surface area contributed by atoms with Gasteiger partial charge in [-0.1, -0.05) is 42.5 Å². The van der Waals surface area contributed by atoms with E-state index in [9.17, 15) is 4.79 Å². The lowest BCUT2D eigenvalue weighted by atomic mass is 9.94. The summed E-state index contributed by atoms with van der Waals surface area (Å²) in [6.45, 7) is 10.00. The van der Waals surface area contributed by atoms with Gasteiger partial charge in [0.15, 0.2) is 0 Å². The highest BCUT2D eigenvalue weighted by molar-refractivity contribution is 5.97. The van der Waals surface area contributed by atoms with E-state index in [-0.39, 0.29) is 11.9 Å². The molecule has 23 heavy (non-hydrogen) atoms. The first kappa shape index (κ1) is 17.0. The first-order valence-corrected chi connectivity index (χ1v) is 8.04. The Labute approximate surface area is 139 Å². The standard InChI is InChI=1S/C21H25NO/c1-14(2)22-21(23)17(5)12-19-11-16(4)20(13-15(19)3)18-9-7-6-8-10-18/h6-14H,1-5H3,(H,22,23)/b17-12+. The zero-order valence-corrected chi connectivity index (χ0v) is 14.6. The van der Waals surface area contributed by atoms with E-state index < -0.39 is 0 Å². The first-order valence-electron chi connectivity index (χ1n) is 8.04. The quantitative estimate of drug-likeness (QED) is 0.800. The van der Waals surface area contributed by atoms with Crippen LogP contribution in [0, 0.1) is 13.8 Å². The fraction of sp³-hybridized carbons (Fsp3) is 0.286. The number of hydrogen-bond donors (Lipinski definition) is 1. The van der Waals surface area contributed by atoms with Crippen molar-refractivity contribution in [3.8, 4) is 11.1 Å². The number of amides is 1. The van der Waals surface area contributed by atoms with Gasteiger partial charge in [0.05, 0.1) is 0 Å². The Bertz CT molecular complexity index is 727. The molecule has 1 amide bonds. The molecule has 0 radical (unpaired) electrons. The normalized spacial score (nSPS) is 11.7. The predicted molar refractivity (Wildman–Crippen MR) is 98.3 cm³/mol. The van der Waals surface area contributed by atoms with Crippen LogP contribution in [0.25, 0.3) is 17.2 Å². The highest BCUT2D eigenvalue weighted by atomic mass is 16.1. The van der Waals surface area contributed by atoms with Gasteiger partial charge in [-0.15, -0.1) is 0 Å². The van der Waals surface area contributed by atoms with Gasteiger partial charge in [0.25, 0.3) is 0 Å². The molecule has 0 saturated carbocycles. The van der Waals surface area contributed by atoms with Crippen molar-refractivity contribution in [3.05, 3.63) is 64.7 Å². The van der Waals surface area contributed by atoms with Gasteiger partial charge in [0, 0.05) is 11.6 Å². The average Bonchev–Trinajstić information content (AvgIpc) is 2.50. The van der Waals surface area contributed by atoms with Crippen molar-refractivity contribution < 1.29 is 4.79 Å². The zero-order chi connectivity index (χ0) is 17.0. The monoisotopic (exact) mass is 307 g/mol. The van der Waals surface area contributed by atoms with Crippen LogP contribution in [0.2, 0.25) is 0 Å². The van der Waals surface area contributed by atoms with Crippen molar-refractivity contribution in [2.45, 2.75) is 40.7 Å². The summed E-state index contributed by atoms with van der Waals surface area (Å²) < 4.78 is 0. The van der Waals surface area contributed by atoms with Crippen LogP contribution in [-0.4, -0.2) is 11.9 Å². The van der Waals surface area contributed by atoms with E-state index in [4.69, 9.17) is 0 Å². The lowest BCUT2D eigenvalue weighted by Crippen LogP contribution is -2.30. The summed E-state index contributed by atoms with van der Waals surface area (Å²) in [6.07, 6.45) is 1.97. The van der Waals surface area contributed by atoms with E-state index in [2.05, 4.69) is 55.6 Å². The Hall–Kier alpha value is -2.35. The van der Waals surface area contributed by atoms with E-state index in [1.807, 2.05) is 32.9 Å². The van der Waals surface area contributed by atoms with Gasteiger partial charge in [0.2, 0.25) is 5.91 Å². The molecule has 2 rings (SSSR count). The molecule has 0 atom stereocenters. The van der Waals surface area contributed by atoms with Gasteiger partial charge in [-0.2, -0.15) is 0 Å². The number of carbonyl (C=O) groups excluding carboxylic acids is 1. The first-order chi connectivity index (χ1) is 10.9. The number of rotatable bonds is 4. The zero-order valence-electron chi connectivity index (χ0n) is 14.6. The molecule has 120 valence electrons. The molecule has 2 heteroatoms. The highest BCUT2D eigenvalue weighted by Crippen LogP contribution is 2.27. The van der Waals surface area contributed by atoms with Crippen LogP contribution in [0.3, 0.4) is 0 Å². The van der Waals surface area contributed by atoms with Gasteiger partial charge in [-0.25, -0.2) is 0 Å². The van der Waals surface area contributed by atoms with E-state index in [0.717, 1.165) is 11.1 Å². The minimum atomic E-state index is -0.0100. The van der Waals surface area contributed by atoms with Gasteiger partial charge < -0.3 is 5.32 Å². The van der Waals surface area contributed by atoms with Crippen LogP contribution in [0.15, 0.2) is 48.0 Å². The summed E-state index contributed by atoms with van der Waals surface area (Å²) in [5.74, 6) is -0.0100. The van der Waals surface area contributed by atoms with Gasteiger partial charge in [0.1, 0.15) is 0 Å². The number of nitrogens with one attached hydrogen (secondary N) is 1. The second-order valence-electron chi connectivity index (χ2n) is 6.35. The lowest BCUT2D eigenvalue weighted by molar-refractivity contribution is -0.117. The van der Waals surface area contributed by atoms with E-state index in [1.54, 1.807) is 0 Å². The number of carbonyl (C=O) groups is 1. The van der Waals surface area contributed by atoms with E-state index in [1.165, 1.54) is 22.3 Å². The van der Waals surface area contributed by atoms with Crippen LogP contribution < -0.4 is 5.32 Å². The molecule has 0 unspecified atom stereocenters. The summed E-state index contributed by atoms with van der Waals surface area (Å²) in [7, 11) is 0. The molecule has 0 aromatic heterocycles. The Morgan fingerprint density at radius 2 is 1.70 bits per heavy atom. The smallest absolute Gasteiger partial charge is 0.247 e. The largest absolute Gasteiger partial charge is 0.350 e. The molecule has 2 nitrogen and oxygen atoms in total. The maximum atomic E-state index is 12.1. The Balaban J connectivity index is 2.36. The molecular weight excluding hydrogens is 282 g/mol. The Kier molecular flexibility index (Phi) is 5.38. The second-order valence-corrected chi connectivity index (χ2v) is 6.35. The molecule has 2 aromatic carbocycles. The fourth-order valence-electron chi connectivity index (χ4n) is 2.60. The molecular formula is C21H25NO. The maximum Gasteiger partial charge on any atom is 0.247 e. The third-order valence-electron chi connectivity index (χ3n) is 3.85. The molecule has 0 aliphatic carbocycles. The number of benzene rings is 2. The second kappa shape index (κ2) is 7.28.